The zero-order chi connectivity index (χ0) is 13.5. The van der Waals surface area contributed by atoms with E-state index in [2.05, 4.69) is 22.0 Å². The average Bonchev–Trinajstić information content (AvgIpc) is 2.43. The third-order valence-corrected chi connectivity index (χ3v) is 4.18. The maximum atomic E-state index is 5.92. The van der Waals surface area contributed by atoms with E-state index in [1.54, 1.807) is 11.8 Å². The number of anilines is 1. The number of para-hydroxylation sites is 1. The molecule has 0 saturated carbocycles. The van der Waals surface area contributed by atoms with Gasteiger partial charge in [-0.25, -0.2) is 0 Å². The molecule has 2 rings (SSSR count). The van der Waals surface area contributed by atoms with Crippen molar-refractivity contribution in [3.63, 3.8) is 0 Å². The summed E-state index contributed by atoms with van der Waals surface area (Å²) in [5, 5.41) is 0. The Morgan fingerprint density at radius 1 is 1.11 bits per heavy atom. The predicted octanol–water partition coefficient (Wildman–Crippen LogP) is 4.59. The fourth-order valence-corrected chi connectivity index (χ4v) is 3.02. The van der Waals surface area contributed by atoms with Crippen LogP contribution in [0, 0.1) is 0 Å². The molecule has 2 aromatic carbocycles. The summed E-state index contributed by atoms with van der Waals surface area (Å²) in [5.74, 6) is 1.92. The molecule has 0 aliphatic heterocycles. The summed E-state index contributed by atoms with van der Waals surface area (Å²) in [4.78, 5) is 1.12. The Kier molecular flexibility index (Phi) is 5.61. The van der Waals surface area contributed by atoms with Gasteiger partial charge in [0.1, 0.15) is 5.75 Å². The topological polar surface area (TPSA) is 35.2 Å². The second-order valence-electron chi connectivity index (χ2n) is 4.05. The fourth-order valence-electron chi connectivity index (χ4n) is 1.58. The summed E-state index contributed by atoms with van der Waals surface area (Å²) in [6, 6.07) is 15.8. The Balaban J connectivity index is 1.71. The molecule has 0 fully saturated rings. The number of benzene rings is 2. The van der Waals surface area contributed by atoms with Crippen LogP contribution in [0.4, 0.5) is 5.69 Å². The van der Waals surface area contributed by atoms with Crippen molar-refractivity contribution in [3.05, 3.63) is 53.0 Å². The van der Waals surface area contributed by atoms with E-state index < -0.39 is 0 Å². The second kappa shape index (κ2) is 7.46. The Bertz CT molecular complexity index is 519. The molecule has 0 aliphatic rings. The number of thioether (sulfide) groups is 1. The van der Waals surface area contributed by atoms with Gasteiger partial charge in [0.2, 0.25) is 0 Å². The second-order valence-corrected chi connectivity index (χ2v) is 6.10. The number of hydrogen-bond donors (Lipinski definition) is 1. The number of rotatable bonds is 6. The molecule has 0 radical (unpaired) electrons. The van der Waals surface area contributed by atoms with Gasteiger partial charge in [-0.3, -0.25) is 0 Å². The minimum absolute atomic E-state index is 0.727. The van der Waals surface area contributed by atoms with Gasteiger partial charge >= 0.3 is 0 Å². The van der Waals surface area contributed by atoms with Crippen LogP contribution in [0.1, 0.15) is 6.42 Å². The van der Waals surface area contributed by atoms with Gasteiger partial charge in [-0.1, -0.05) is 34.1 Å². The van der Waals surface area contributed by atoms with Crippen molar-refractivity contribution >= 4 is 33.4 Å². The molecule has 0 unspecified atom stereocenters. The quantitative estimate of drug-likeness (QED) is 0.475. The van der Waals surface area contributed by atoms with E-state index >= 15 is 0 Å². The van der Waals surface area contributed by atoms with Crippen LogP contribution in [0.25, 0.3) is 0 Å². The minimum Gasteiger partial charge on any atom is -0.494 e. The van der Waals surface area contributed by atoms with Crippen LogP contribution in [-0.2, 0) is 0 Å². The van der Waals surface area contributed by atoms with Crippen molar-refractivity contribution in [2.45, 2.75) is 11.3 Å². The fraction of sp³-hybridized carbons (Fsp3) is 0.200. The van der Waals surface area contributed by atoms with Gasteiger partial charge in [-0.2, -0.15) is 0 Å². The summed E-state index contributed by atoms with van der Waals surface area (Å²) >= 11 is 5.22. The molecule has 2 aromatic rings. The number of ether oxygens (including phenoxy) is 1. The van der Waals surface area contributed by atoms with Crippen molar-refractivity contribution < 1.29 is 4.74 Å². The predicted molar refractivity (Wildman–Crippen MR) is 85.8 cm³/mol. The Hall–Kier alpha value is -1.13. The van der Waals surface area contributed by atoms with E-state index in [0.29, 0.717) is 0 Å². The number of halogens is 1. The molecule has 0 bridgehead atoms. The van der Waals surface area contributed by atoms with Crippen LogP contribution < -0.4 is 10.5 Å². The lowest BCUT2D eigenvalue weighted by Gasteiger charge is -2.07. The van der Waals surface area contributed by atoms with Gasteiger partial charge < -0.3 is 10.5 Å². The van der Waals surface area contributed by atoms with Crippen molar-refractivity contribution in [1.82, 2.24) is 0 Å². The maximum absolute atomic E-state index is 5.92. The molecule has 0 amide bonds. The normalized spacial score (nSPS) is 10.4. The van der Waals surface area contributed by atoms with Crippen LogP contribution >= 0.6 is 27.7 Å². The van der Waals surface area contributed by atoms with Crippen molar-refractivity contribution in [2.24, 2.45) is 0 Å². The molecule has 2 nitrogen and oxygen atoms in total. The largest absolute Gasteiger partial charge is 0.494 e. The highest BCUT2D eigenvalue weighted by atomic mass is 79.9. The molecule has 0 heterocycles. The molecule has 0 atom stereocenters. The Morgan fingerprint density at radius 2 is 1.89 bits per heavy atom. The average molecular weight is 338 g/mol. The lowest BCUT2D eigenvalue weighted by molar-refractivity contribution is 0.319. The number of nitrogens with two attached hydrogens (primary N) is 1. The molecule has 0 spiro atoms. The first-order chi connectivity index (χ1) is 9.25. The van der Waals surface area contributed by atoms with E-state index in [4.69, 9.17) is 10.5 Å². The number of hydrogen-bond acceptors (Lipinski definition) is 3. The maximum Gasteiger partial charge on any atom is 0.119 e. The van der Waals surface area contributed by atoms with Crippen molar-refractivity contribution in [2.75, 3.05) is 18.1 Å². The number of nitrogen functional groups attached to an aromatic ring is 1. The minimum atomic E-state index is 0.727. The lowest BCUT2D eigenvalue weighted by atomic mass is 10.3. The van der Waals surface area contributed by atoms with E-state index in [0.717, 1.165) is 39.6 Å². The van der Waals surface area contributed by atoms with Crippen molar-refractivity contribution in [3.8, 4) is 5.75 Å². The third kappa shape index (κ3) is 4.80. The smallest absolute Gasteiger partial charge is 0.119 e. The summed E-state index contributed by atoms with van der Waals surface area (Å²) in [6.07, 6.45) is 0.992. The molecule has 19 heavy (non-hydrogen) atoms. The highest BCUT2D eigenvalue weighted by Gasteiger charge is 2.01. The molecule has 0 aromatic heterocycles. The Labute approximate surface area is 126 Å². The van der Waals surface area contributed by atoms with Crippen LogP contribution in [0.5, 0.6) is 5.75 Å². The van der Waals surface area contributed by atoms with E-state index in [1.807, 2.05) is 42.5 Å². The first-order valence-corrected chi connectivity index (χ1v) is 7.89. The first-order valence-electron chi connectivity index (χ1n) is 6.11. The third-order valence-electron chi connectivity index (χ3n) is 2.53. The molecule has 100 valence electrons. The van der Waals surface area contributed by atoms with Crippen LogP contribution in [0.15, 0.2) is 57.9 Å². The van der Waals surface area contributed by atoms with E-state index in [9.17, 15) is 0 Å². The standard InChI is InChI=1S/C15H16BrNOS/c16-12-7-8-14(17)15(11-12)19-10-4-9-18-13-5-2-1-3-6-13/h1-3,5-8,11H,4,9-10,17H2. The lowest BCUT2D eigenvalue weighted by Crippen LogP contribution is -1.98. The monoisotopic (exact) mass is 337 g/mol. The summed E-state index contributed by atoms with van der Waals surface area (Å²) in [6.45, 7) is 0.727. The summed E-state index contributed by atoms with van der Waals surface area (Å²) < 4.78 is 6.70. The van der Waals surface area contributed by atoms with Gasteiger partial charge in [0.25, 0.3) is 0 Å². The van der Waals surface area contributed by atoms with Crippen LogP contribution in [0.2, 0.25) is 0 Å². The van der Waals surface area contributed by atoms with Gasteiger partial charge in [0, 0.05) is 20.8 Å². The Morgan fingerprint density at radius 3 is 2.68 bits per heavy atom. The molecule has 2 N–H and O–H groups in total. The van der Waals surface area contributed by atoms with E-state index in [-0.39, 0.29) is 0 Å². The van der Waals surface area contributed by atoms with Gasteiger partial charge in [0.05, 0.1) is 6.61 Å². The van der Waals surface area contributed by atoms with Crippen LogP contribution in [0.3, 0.4) is 0 Å². The molecule has 0 saturated heterocycles. The highest BCUT2D eigenvalue weighted by molar-refractivity contribution is 9.10. The van der Waals surface area contributed by atoms with Gasteiger partial charge in [-0.15, -0.1) is 11.8 Å². The van der Waals surface area contributed by atoms with E-state index in [1.165, 1.54) is 0 Å². The van der Waals surface area contributed by atoms with Gasteiger partial charge in [0.15, 0.2) is 0 Å². The SMILES string of the molecule is Nc1ccc(Br)cc1SCCCOc1ccccc1. The summed E-state index contributed by atoms with van der Waals surface area (Å²) in [5.41, 5.74) is 6.75. The zero-order valence-electron chi connectivity index (χ0n) is 10.5. The van der Waals surface area contributed by atoms with Gasteiger partial charge in [-0.05, 0) is 36.8 Å². The van der Waals surface area contributed by atoms with Crippen molar-refractivity contribution in [1.29, 1.82) is 0 Å². The molecule has 0 aliphatic carbocycles. The molecular weight excluding hydrogens is 322 g/mol. The molecule has 4 heteroatoms. The zero-order valence-corrected chi connectivity index (χ0v) is 12.9. The molecular formula is C15H16BrNOS. The highest BCUT2D eigenvalue weighted by Crippen LogP contribution is 2.28. The first kappa shape index (κ1) is 14.3. The van der Waals surface area contributed by atoms with Crippen LogP contribution in [-0.4, -0.2) is 12.4 Å². The summed E-state index contributed by atoms with van der Waals surface area (Å²) in [7, 11) is 0.